The summed E-state index contributed by atoms with van der Waals surface area (Å²) in [6.07, 6.45) is 0. The third-order valence-electron chi connectivity index (χ3n) is 2.69. The number of benzene rings is 1. The fourth-order valence-corrected chi connectivity index (χ4v) is 6.52. The molecule has 0 saturated carbocycles. The Morgan fingerprint density at radius 3 is 1.59 bits per heavy atom. The molecule has 0 aliphatic carbocycles. The molecular weight excluding hydrogens is 230 g/mol. The van der Waals surface area contributed by atoms with Crippen molar-refractivity contribution in [2.75, 3.05) is 0 Å². The lowest BCUT2D eigenvalue weighted by Crippen LogP contribution is -2.31. The first-order valence-electron chi connectivity index (χ1n) is 6.11. The van der Waals surface area contributed by atoms with Gasteiger partial charge in [-0.2, -0.15) is 0 Å². The maximum atomic E-state index is 12.5. The molecule has 0 aliphatic rings. The number of hydrogen-bond acceptors (Lipinski definition) is 0. The van der Waals surface area contributed by atoms with Crippen molar-refractivity contribution >= 4 is 13.2 Å². The van der Waals surface area contributed by atoms with E-state index in [4.69, 9.17) is 0 Å². The zero-order valence-corrected chi connectivity index (χ0v) is 12.7. The van der Waals surface area contributed by atoms with Crippen LogP contribution in [-0.4, -0.2) is 10.3 Å². The second-order valence-electron chi connectivity index (χ2n) is 6.48. The van der Waals surface area contributed by atoms with E-state index in [0.29, 0.717) is 0 Å². The summed E-state index contributed by atoms with van der Waals surface area (Å²) in [5, 5.41) is 1.91. The van der Waals surface area contributed by atoms with E-state index in [1.165, 1.54) is 5.30 Å². The normalized spacial score (nSPS) is 13.2. The minimum absolute atomic E-state index is 0.269. The van der Waals surface area contributed by atoms with Crippen LogP contribution >= 0.6 is 7.92 Å². The van der Waals surface area contributed by atoms with Crippen LogP contribution in [-0.2, 0) is 6.67 Å². The highest BCUT2D eigenvalue weighted by Gasteiger charge is 2.35. The molecule has 0 nitrogen and oxygen atoms in total. The predicted octanol–water partition coefficient (Wildman–Crippen LogP) is 4.86. The summed E-state index contributed by atoms with van der Waals surface area (Å²) in [5.74, 6) is 0. The summed E-state index contributed by atoms with van der Waals surface area (Å²) in [6, 6.07) is 8.05. The highest BCUT2D eigenvalue weighted by Crippen LogP contribution is 2.58. The van der Waals surface area contributed by atoms with E-state index in [-0.39, 0.29) is 24.9 Å². The van der Waals surface area contributed by atoms with E-state index < -0.39 is 0 Å². The first kappa shape index (κ1) is 14.6. The summed E-state index contributed by atoms with van der Waals surface area (Å²) in [7, 11) is -0.278. The standard InChI is InChI=1S/C15H24FP/c1-14(2,3)17(15(4,5)6)13-9-7-12(11-16)8-10-13/h7-10H,11H2,1-6H3. The van der Waals surface area contributed by atoms with E-state index in [9.17, 15) is 4.39 Å². The van der Waals surface area contributed by atoms with Crippen LogP contribution in [0.5, 0.6) is 0 Å². The Balaban J connectivity index is 3.14. The molecule has 0 aromatic heterocycles. The van der Waals surface area contributed by atoms with Gasteiger partial charge in [0.25, 0.3) is 0 Å². The Labute approximate surface area is 106 Å². The number of alkyl halides is 1. The molecule has 0 atom stereocenters. The minimum atomic E-state index is -0.372. The van der Waals surface area contributed by atoms with Gasteiger partial charge in [0.2, 0.25) is 0 Å². The third-order valence-corrected chi connectivity index (χ3v) is 6.19. The molecule has 1 rings (SSSR count). The topological polar surface area (TPSA) is 0 Å². The van der Waals surface area contributed by atoms with Gasteiger partial charge in [-0.1, -0.05) is 73.7 Å². The van der Waals surface area contributed by atoms with Gasteiger partial charge < -0.3 is 0 Å². The smallest absolute Gasteiger partial charge is 0.115 e. The Kier molecular flexibility index (Phi) is 4.36. The van der Waals surface area contributed by atoms with Gasteiger partial charge in [0.05, 0.1) is 0 Å². The van der Waals surface area contributed by atoms with Crippen molar-refractivity contribution in [3.63, 3.8) is 0 Å². The van der Waals surface area contributed by atoms with Gasteiger partial charge in [-0.15, -0.1) is 0 Å². The molecule has 1 aromatic rings. The Bertz CT molecular complexity index is 340. The molecule has 2 heteroatoms. The molecule has 0 N–H and O–H groups in total. The van der Waals surface area contributed by atoms with Gasteiger partial charge in [-0.3, -0.25) is 0 Å². The summed E-state index contributed by atoms with van der Waals surface area (Å²) in [4.78, 5) is 0. The first-order chi connectivity index (χ1) is 7.66. The van der Waals surface area contributed by atoms with Crippen molar-refractivity contribution in [1.29, 1.82) is 0 Å². The number of hydrogen-bond donors (Lipinski definition) is 0. The fraction of sp³-hybridized carbons (Fsp3) is 0.600. The molecule has 0 unspecified atom stereocenters. The zero-order chi connectivity index (χ0) is 13.3. The van der Waals surface area contributed by atoms with Crippen LogP contribution in [0.3, 0.4) is 0 Å². The van der Waals surface area contributed by atoms with Crippen LogP contribution in [0.15, 0.2) is 24.3 Å². The van der Waals surface area contributed by atoms with Gasteiger partial charge in [-0.05, 0) is 21.2 Å². The van der Waals surface area contributed by atoms with E-state index in [0.717, 1.165) is 5.56 Å². The summed E-state index contributed by atoms with van der Waals surface area (Å²) >= 11 is 0. The monoisotopic (exact) mass is 254 g/mol. The minimum Gasteiger partial charge on any atom is -0.246 e. The Hall–Kier alpha value is -0.420. The van der Waals surface area contributed by atoms with Crippen molar-refractivity contribution in [3.05, 3.63) is 29.8 Å². The maximum Gasteiger partial charge on any atom is 0.115 e. The predicted molar refractivity (Wildman–Crippen MR) is 77.3 cm³/mol. The van der Waals surface area contributed by atoms with Crippen LogP contribution in [0.25, 0.3) is 0 Å². The van der Waals surface area contributed by atoms with Gasteiger partial charge in [-0.25, -0.2) is 4.39 Å². The van der Waals surface area contributed by atoms with Gasteiger partial charge >= 0.3 is 0 Å². The summed E-state index contributed by atoms with van der Waals surface area (Å²) in [6.45, 7) is 13.4. The Morgan fingerprint density at radius 1 is 0.882 bits per heavy atom. The fourth-order valence-electron chi connectivity index (χ4n) is 2.51. The number of rotatable bonds is 2. The van der Waals surface area contributed by atoms with E-state index in [2.05, 4.69) is 53.7 Å². The summed E-state index contributed by atoms with van der Waals surface area (Å²) < 4.78 is 12.5. The average molecular weight is 254 g/mol. The lowest BCUT2D eigenvalue weighted by molar-refractivity contribution is 0.485. The number of halogens is 1. The molecular formula is C15H24FP. The molecule has 0 heterocycles. The SMILES string of the molecule is CC(C)(C)P(c1ccc(CF)cc1)C(C)(C)C. The second-order valence-corrected chi connectivity index (χ2v) is 10.3. The van der Waals surface area contributed by atoms with Crippen molar-refractivity contribution in [1.82, 2.24) is 0 Å². The molecule has 0 amide bonds. The zero-order valence-electron chi connectivity index (χ0n) is 11.8. The molecule has 0 saturated heterocycles. The van der Waals surface area contributed by atoms with Gasteiger partial charge in [0, 0.05) is 0 Å². The largest absolute Gasteiger partial charge is 0.246 e. The lowest BCUT2D eigenvalue weighted by Gasteiger charge is -2.41. The van der Waals surface area contributed by atoms with Crippen molar-refractivity contribution in [2.45, 2.75) is 58.5 Å². The van der Waals surface area contributed by atoms with Gasteiger partial charge in [0.15, 0.2) is 0 Å². The molecule has 1 aromatic carbocycles. The maximum absolute atomic E-state index is 12.5. The second kappa shape index (κ2) is 5.06. The first-order valence-corrected chi connectivity index (χ1v) is 7.45. The molecule has 0 aliphatic heterocycles. The molecule has 0 radical (unpaired) electrons. The van der Waals surface area contributed by atoms with E-state index in [1.807, 2.05) is 12.1 Å². The van der Waals surface area contributed by atoms with Gasteiger partial charge in [0.1, 0.15) is 6.67 Å². The van der Waals surface area contributed by atoms with Crippen molar-refractivity contribution < 1.29 is 4.39 Å². The molecule has 17 heavy (non-hydrogen) atoms. The molecule has 0 fully saturated rings. The molecule has 0 spiro atoms. The van der Waals surface area contributed by atoms with Crippen molar-refractivity contribution in [2.24, 2.45) is 0 Å². The molecule has 96 valence electrons. The van der Waals surface area contributed by atoms with Crippen LogP contribution in [0.4, 0.5) is 4.39 Å². The van der Waals surface area contributed by atoms with Crippen LogP contribution in [0.2, 0.25) is 0 Å². The highest BCUT2D eigenvalue weighted by atomic mass is 31.1. The van der Waals surface area contributed by atoms with Crippen LogP contribution < -0.4 is 5.30 Å². The summed E-state index contributed by atoms with van der Waals surface area (Å²) in [5.41, 5.74) is 0.770. The third kappa shape index (κ3) is 3.78. The van der Waals surface area contributed by atoms with Crippen molar-refractivity contribution in [3.8, 4) is 0 Å². The lowest BCUT2D eigenvalue weighted by atomic mass is 10.2. The highest BCUT2D eigenvalue weighted by molar-refractivity contribution is 7.68. The average Bonchev–Trinajstić information content (AvgIpc) is 2.14. The molecule has 0 bridgehead atoms. The van der Waals surface area contributed by atoms with Crippen LogP contribution in [0.1, 0.15) is 47.1 Å². The van der Waals surface area contributed by atoms with E-state index >= 15 is 0 Å². The van der Waals surface area contributed by atoms with E-state index in [1.54, 1.807) is 0 Å². The Morgan fingerprint density at radius 2 is 1.29 bits per heavy atom. The quantitative estimate of drug-likeness (QED) is 0.661. The van der Waals surface area contributed by atoms with Crippen LogP contribution in [0, 0.1) is 0 Å².